The Bertz CT molecular complexity index is 1000. The molecule has 2 heterocycles. The first-order valence-electron chi connectivity index (χ1n) is 8.25. The molecule has 0 unspecified atom stereocenters. The van der Waals surface area contributed by atoms with E-state index in [1.807, 2.05) is 13.1 Å². The maximum atomic E-state index is 12.7. The Kier molecular flexibility index (Phi) is 3.80. The van der Waals surface area contributed by atoms with E-state index in [0.29, 0.717) is 18.0 Å². The number of benzene rings is 2. The summed E-state index contributed by atoms with van der Waals surface area (Å²) in [6.45, 7) is 1.35. The number of hydrogen-bond acceptors (Lipinski definition) is 5. The molecule has 0 aromatic heterocycles. The minimum atomic E-state index is -3.76. The van der Waals surface area contributed by atoms with Crippen LogP contribution in [0.25, 0.3) is 0 Å². The summed E-state index contributed by atoms with van der Waals surface area (Å²) in [5.41, 5.74) is 2.83. The number of likely N-dealkylation sites (N-methyl/N-ethyl adjacent to an activating group) is 2. The standard InChI is InChI=1S/C18H19N3O4S/c1-20-7-8-25-17-11-13(3-5-16(17)20)19-26(23,24)14-4-6-15-12(9-14)10-18(22)21(15)2/h3-6,9,11,19H,7-8,10H2,1-2H3. The minimum absolute atomic E-state index is 0.0431. The van der Waals surface area contributed by atoms with Gasteiger partial charge < -0.3 is 14.5 Å². The van der Waals surface area contributed by atoms with Gasteiger partial charge in [-0.25, -0.2) is 8.42 Å². The van der Waals surface area contributed by atoms with Gasteiger partial charge in [-0.05, 0) is 35.9 Å². The van der Waals surface area contributed by atoms with Crippen molar-refractivity contribution in [3.05, 3.63) is 42.0 Å². The van der Waals surface area contributed by atoms with Crippen molar-refractivity contribution >= 4 is 33.0 Å². The van der Waals surface area contributed by atoms with E-state index in [2.05, 4.69) is 9.62 Å². The van der Waals surface area contributed by atoms with Gasteiger partial charge in [-0.2, -0.15) is 0 Å². The zero-order valence-electron chi connectivity index (χ0n) is 14.5. The predicted molar refractivity (Wildman–Crippen MR) is 99.6 cm³/mol. The van der Waals surface area contributed by atoms with Gasteiger partial charge in [0.05, 0.1) is 29.2 Å². The van der Waals surface area contributed by atoms with Crippen molar-refractivity contribution in [3.8, 4) is 5.75 Å². The van der Waals surface area contributed by atoms with Crippen molar-refractivity contribution in [2.24, 2.45) is 0 Å². The number of fused-ring (bicyclic) bond motifs is 2. The molecule has 2 aromatic carbocycles. The molecule has 0 aliphatic carbocycles. The van der Waals surface area contributed by atoms with Crippen LogP contribution in [0.5, 0.6) is 5.75 Å². The number of amides is 1. The smallest absolute Gasteiger partial charge is 0.261 e. The number of carbonyl (C=O) groups is 1. The molecule has 2 aromatic rings. The molecule has 0 spiro atoms. The first kappa shape index (κ1) is 16.7. The van der Waals surface area contributed by atoms with Gasteiger partial charge in [-0.15, -0.1) is 0 Å². The van der Waals surface area contributed by atoms with Crippen LogP contribution in [-0.4, -0.2) is 41.6 Å². The highest BCUT2D eigenvalue weighted by atomic mass is 32.2. The number of carbonyl (C=O) groups excluding carboxylic acids is 1. The Morgan fingerprint density at radius 1 is 1.08 bits per heavy atom. The second kappa shape index (κ2) is 5.91. The summed E-state index contributed by atoms with van der Waals surface area (Å²) in [5.74, 6) is 0.610. The first-order valence-corrected chi connectivity index (χ1v) is 9.74. The van der Waals surface area contributed by atoms with Gasteiger partial charge in [0.15, 0.2) is 0 Å². The summed E-state index contributed by atoms with van der Waals surface area (Å²) in [4.78, 5) is 15.5. The molecule has 1 N–H and O–H groups in total. The molecule has 0 radical (unpaired) electrons. The number of nitrogens with zero attached hydrogens (tertiary/aromatic N) is 2. The van der Waals surface area contributed by atoms with Gasteiger partial charge in [-0.1, -0.05) is 0 Å². The average molecular weight is 373 g/mol. The number of hydrogen-bond donors (Lipinski definition) is 1. The number of sulfonamides is 1. The van der Waals surface area contributed by atoms with E-state index in [1.165, 1.54) is 11.0 Å². The van der Waals surface area contributed by atoms with Crippen molar-refractivity contribution in [2.75, 3.05) is 41.8 Å². The topological polar surface area (TPSA) is 79.0 Å². The SMILES string of the molecule is CN1CCOc2cc(NS(=O)(=O)c3ccc4c(c3)CC(=O)N4C)ccc21. The predicted octanol–water partition coefficient (Wildman–Crippen LogP) is 1.83. The lowest BCUT2D eigenvalue weighted by atomic mass is 10.2. The lowest BCUT2D eigenvalue weighted by Gasteiger charge is -2.28. The third kappa shape index (κ3) is 2.76. The molecule has 7 nitrogen and oxygen atoms in total. The molecule has 1 amide bonds. The second-order valence-electron chi connectivity index (χ2n) is 6.48. The van der Waals surface area contributed by atoms with Gasteiger partial charge in [0.2, 0.25) is 5.91 Å². The molecule has 0 atom stereocenters. The Labute approximate surface area is 152 Å². The molecule has 2 aliphatic heterocycles. The Morgan fingerprint density at radius 2 is 1.85 bits per heavy atom. The Morgan fingerprint density at radius 3 is 2.65 bits per heavy atom. The average Bonchev–Trinajstić information content (AvgIpc) is 2.88. The Balaban J connectivity index is 1.62. The second-order valence-corrected chi connectivity index (χ2v) is 8.16. The van der Waals surface area contributed by atoms with Crippen LogP contribution in [0.15, 0.2) is 41.3 Å². The summed E-state index contributed by atoms with van der Waals surface area (Å²) >= 11 is 0. The zero-order chi connectivity index (χ0) is 18.5. The summed E-state index contributed by atoms with van der Waals surface area (Å²) < 4.78 is 33.7. The lowest BCUT2D eigenvalue weighted by Crippen LogP contribution is -2.28. The van der Waals surface area contributed by atoms with Crippen LogP contribution in [0.1, 0.15) is 5.56 Å². The van der Waals surface area contributed by atoms with E-state index in [0.717, 1.165) is 23.5 Å². The summed E-state index contributed by atoms with van der Waals surface area (Å²) in [7, 11) is -0.107. The third-order valence-electron chi connectivity index (χ3n) is 4.75. The Hall–Kier alpha value is -2.74. The van der Waals surface area contributed by atoms with Crippen molar-refractivity contribution in [3.63, 3.8) is 0 Å². The molecule has 2 aliphatic rings. The van der Waals surface area contributed by atoms with E-state index in [1.54, 1.807) is 31.3 Å². The van der Waals surface area contributed by atoms with Crippen molar-refractivity contribution in [1.29, 1.82) is 0 Å². The summed E-state index contributed by atoms with van der Waals surface area (Å²) in [6, 6.07) is 9.97. The van der Waals surface area contributed by atoms with E-state index in [9.17, 15) is 13.2 Å². The molecular weight excluding hydrogens is 354 g/mol. The number of ether oxygens (including phenoxy) is 1. The molecule has 0 bridgehead atoms. The van der Waals surface area contributed by atoms with Gasteiger partial charge in [0, 0.05) is 25.8 Å². The summed E-state index contributed by atoms with van der Waals surface area (Å²) in [6.07, 6.45) is 0.216. The summed E-state index contributed by atoms with van der Waals surface area (Å²) in [5, 5.41) is 0. The normalized spacial score (nSPS) is 16.2. The van der Waals surface area contributed by atoms with E-state index < -0.39 is 10.0 Å². The van der Waals surface area contributed by atoms with Gasteiger partial charge in [0.25, 0.3) is 10.0 Å². The molecule has 136 valence electrons. The fourth-order valence-electron chi connectivity index (χ4n) is 3.25. The molecule has 0 saturated heterocycles. The van der Waals surface area contributed by atoms with Crippen LogP contribution >= 0.6 is 0 Å². The molecule has 8 heteroatoms. The fourth-order valence-corrected chi connectivity index (χ4v) is 4.35. The number of rotatable bonds is 3. The molecule has 0 fully saturated rings. The van der Waals surface area contributed by atoms with E-state index >= 15 is 0 Å². The van der Waals surface area contributed by atoms with Crippen LogP contribution in [0, 0.1) is 0 Å². The molecule has 26 heavy (non-hydrogen) atoms. The lowest BCUT2D eigenvalue weighted by molar-refractivity contribution is -0.117. The monoisotopic (exact) mass is 373 g/mol. The molecule has 0 saturated carbocycles. The van der Waals surface area contributed by atoms with Crippen LogP contribution in [-0.2, 0) is 21.2 Å². The molecular formula is C18H19N3O4S. The fraction of sp³-hybridized carbons (Fsp3) is 0.278. The van der Waals surface area contributed by atoms with Crippen LogP contribution in [0.4, 0.5) is 17.1 Å². The van der Waals surface area contributed by atoms with Gasteiger partial charge in [-0.3, -0.25) is 9.52 Å². The van der Waals surface area contributed by atoms with Crippen LogP contribution < -0.4 is 19.3 Å². The highest BCUT2D eigenvalue weighted by molar-refractivity contribution is 7.92. The van der Waals surface area contributed by atoms with E-state index in [-0.39, 0.29) is 17.2 Å². The highest BCUT2D eigenvalue weighted by Gasteiger charge is 2.26. The molecule has 4 rings (SSSR count). The van der Waals surface area contributed by atoms with Gasteiger partial charge >= 0.3 is 0 Å². The van der Waals surface area contributed by atoms with Crippen molar-refractivity contribution < 1.29 is 17.9 Å². The third-order valence-corrected chi connectivity index (χ3v) is 6.12. The quantitative estimate of drug-likeness (QED) is 0.888. The number of nitrogens with one attached hydrogen (secondary N) is 1. The van der Waals surface area contributed by atoms with Crippen LogP contribution in [0.2, 0.25) is 0 Å². The van der Waals surface area contributed by atoms with Crippen molar-refractivity contribution in [2.45, 2.75) is 11.3 Å². The maximum Gasteiger partial charge on any atom is 0.261 e. The first-order chi connectivity index (χ1) is 12.3. The minimum Gasteiger partial charge on any atom is -0.489 e. The zero-order valence-corrected chi connectivity index (χ0v) is 15.3. The van der Waals surface area contributed by atoms with E-state index in [4.69, 9.17) is 4.74 Å². The highest BCUT2D eigenvalue weighted by Crippen LogP contribution is 2.34. The van der Waals surface area contributed by atoms with Crippen molar-refractivity contribution in [1.82, 2.24) is 0 Å². The van der Waals surface area contributed by atoms with Gasteiger partial charge in [0.1, 0.15) is 12.4 Å². The van der Waals surface area contributed by atoms with Crippen LogP contribution in [0.3, 0.4) is 0 Å². The maximum absolute atomic E-state index is 12.7. The largest absolute Gasteiger partial charge is 0.489 e. The number of anilines is 3.